The molecule has 2 aromatic carbocycles. The third-order valence-corrected chi connectivity index (χ3v) is 3.89. The van der Waals surface area contributed by atoms with Gasteiger partial charge < -0.3 is 24.4 Å². The largest absolute Gasteiger partial charge is 0.394 e. The smallest absolute Gasteiger partial charge is 0.187 e. The van der Waals surface area contributed by atoms with Gasteiger partial charge in [-0.05, 0) is 11.1 Å². The van der Waals surface area contributed by atoms with Gasteiger partial charge >= 0.3 is 0 Å². The molecule has 0 radical (unpaired) electrons. The predicted molar refractivity (Wildman–Crippen MR) is 88.0 cm³/mol. The molecule has 0 saturated carbocycles. The lowest BCUT2D eigenvalue weighted by molar-refractivity contribution is -0.188. The molecule has 0 spiro atoms. The van der Waals surface area contributed by atoms with Gasteiger partial charge in [-0.2, -0.15) is 0 Å². The lowest BCUT2D eigenvalue weighted by atomic mass is 10.1. The normalized spacial score (nSPS) is 28.5. The van der Waals surface area contributed by atoms with E-state index < -0.39 is 31.2 Å². The van der Waals surface area contributed by atoms with E-state index in [-0.39, 0.29) is 13.2 Å². The summed E-state index contributed by atoms with van der Waals surface area (Å²) in [5.41, 5.74) is 1.63. The Labute approximate surface area is 142 Å². The summed E-state index contributed by atoms with van der Waals surface area (Å²) in [5.74, 6) is 0. The van der Waals surface area contributed by atoms with Crippen molar-refractivity contribution in [2.75, 3.05) is 6.61 Å². The lowest BCUT2D eigenvalue weighted by Crippen LogP contribution is -2.37. The lowest BCUT2D eigenvalue weighted by Gasteiger charge is -2.21. The minimum atomic E-state index is -1.07. The molecule has 128 valence electrons. The van der Waals surface area contributed by atoms with Crippen LogP contribution in [0.3, 0.4) is 0 Å². The van der Waals surface area contributed by atoms with Crippen LogP contribution in [0.25, 0.3) is 0 Å². The van der Waals surface area contributed by atoms with Crippen molar-refractivity contribution in [1.82, 2.24) is 0 Å². The molecule has 24 heavy (non-hydrogen) atoms. The van der Waals surface area contributed by atoms with Gasteiger partial charge in [0.05, 0.1) is 21.2 Å². The van der Waals surface area contributed by atoms with Crippen LogP contribution in [-0.4, -0.2) is 41.4 Å². The third kappa shape index (κ3) is 4.20. The molecule has 5 nitrogen and oxygen atoms in total. The summed E-state index contributed by atoms with van der Waals surface area (Å²) in [7, 11) is 0. The highest BCUT2D eigenvalue weighted by Gasteiger charge is 2.45. The predicted octanol–water partition coefficient (Wildman–Crippen LogP) is 1.87. The second-order valence-electron chi connectivity index (χ2n) is 5.64. The van der Waals surface area contributed by atoms with Crippen molar-refractivity contribution in [2.24, 2.45) is 0 Å². The summed E-state index contributed by atoms with van der Waals surface area (Å²) in [5, 5.41) is 19.7. The number of benzene rings is 2. The van der Waals surface area contributed by atoms with Crippen molar-refractivity contribution in [3.05, 3.63) is 71.8 Å². The second-order valence-corrected chi connectivity index (χ2v) is 5.64. The zero-order valence-corrected chi connectivity index (χ0v) is 13.2. The molecule has 5 atom stereocenters. The Balaban J connectivity index is 1.67. The first kappa shape index (κ1) is 15.7. The van der Waals surface area contributed by atoms with Crippen molar-refractivity contribution in [2.45, 2.75) is 37.8 Å². The molecule has 2 N–H and O–H groups in total. The Kier molecular flexibility index (Phi) is 5.49. The first-order valence-electron chi connectivity index (χ1n) is 8.49. The fraction of sp³-hybridized carbons (Fsp3) is 0.368. The van der Waals surface area contributed by atoms with Gasteiger partial charge in [0.15, 0.2) is 6.29 Å². The van der Waals surface area contributed by atoms with Crippen LogP contribution in [0.5, 0.6) is 0 Å². The van der Waals surface area contributed by atoms with Crippen LogP contribution in [-0.2, 0) is 27.4 Å². The minimum Gasteiger partial charge on any atom is -0.394 e. The average molecular weight is 331 g/mol. The zero-order valence-electron chi connectivity index (χ0n) is 14.2. The number of hydrogen-bond donors (Lipinski definition) is 2. The fourth-order valence-electron chi connectivity index (χ4n) is 2.57. The maximum atomic E-state index is 10.3. The van der Waals surface area contributed by atoms with Gasteiger partial charge in [-0.1, -0.05) is 60.7 Å². The van der Waals surface area contributed by atoms with Crippen LogP contribution in [0.2, 0.25) is 0 Å². The highest BCUT2D eigenvalue weighted by Crippen LogP contribution is 2.26. The van der Waals surface area contributed by atoms with Crippen molar-refractivity contribution in [3.8, 4) is 0 Å². The van der Waals surface area contributed by atoms with E-state index in [0.717, 1.165) is 5.56 Å². The fourth-order valence-corrected chi connectivity index (χ4v) is 2.57. The Morgan fingerprint density at radius 1 is 0.958 bits per heavy atom. The average Bonchev–Trinajstić information content (AvgIpc) is 2.97. The molecule has 1 fully saturated rings. The standard InChI is InChI=1S/C19H22O5/c20-11-16-17(21)18(22-12-14-7-3-1-4-8-14)19(24-16)23-13-15-9-5-2-6-10-15/h1-10,16-21H,11-13H2/t16-,17-,18+,19?/m1/s1/i12D/t12?,16-,17-,18+,19?. The number of aliphatic hydroxyl groups is 2. The van der Waals surface area contributed by atoms with E-state index in [1.807, 2.05) is 48.5 Å². The van der Waals surface area contributed by atoms with Crippen molar-refractivity contribution < 1.29 is 25.8 Å². The molecule has 1 saturated heterocycles. The van der Waals surface area contributed by atoms with Gasteiger partial charge in [0.1, 0.15) is 18.3 Å². The number of aliphatic hydroxyl groups excluding tert-OH is 2. The van der Waals surface area contributed by atoms with Crippen LogP contribution in [0.15, 0.2) is 60.7 Å². The Morgan fingerprint density at radius 3 is 2.21 bits per heavy atom. The zero-order chi connectivity index (χ0) is 17.6. The quantitative estimate of drug-likeness (QED) is 0.811. The summed E-state index contributed by atoms with van der Waals surface area (Å²) in [6.07, 6.45) is -3.58. The monoisotopic (exact) mass is 331 g/mol. The summed E-state index contributed by atoms with van der Waals surface area (Å²) in [6, 6.07) is 18.6. The van der Waals surface area contributed by atoms with E-state index in [4.69, 9.17) is 15.6 Å². The van der Waals surface area contributed by atoms with Crippen LogP contribution in [0.1, 0.15) is 12.5 Å². The molecule has 3 rings (SSSR count). The maximum absolute atomic E-state index is 10.3. The summed E-state index contributed by atoms with van der Waals surface area (Å²) >= 11 is 0. The Hall–Kier alpha value is -1.76. The van der Waals surface area contributed by atoms with Gasteiger partial charge in [-0.3, -0.25) is 0 Å². The third-order valence-electron chi connectivity index (χ3n) is 3.89. The van der Waals surface area contributed by atoms with E-state index in [1.165, 1.54) is 0 Å². The number of rotatable bonds is 7. The van der Waals surface area contributed by atoms with Gasteiger partial charge in [0.25, 0.3) is 0 Å². The van der Waals surface area contributed by atoms with E-state index in [1.54, 1.807) is 12.1 Å². The first-order valence-corrected chi connectivity index (χ1v) is 7.91. The van der Waals surface area contributed by atoms with Crippen LogP contribution in [0.4, 0.5) is 0 Å². The Bertz CT molecular complexity index is 639. The van der Waals surface area contributed by atoms with E-state index >= 15 is 0 Å². The van der Waals surface area contributed by atoms with Crippen LogP contribution in [0, 0.1) is 0 Å². The first-order chi connectivity index (χ1) is 12.2. The molecule has 0 amide bonds. The second kappa shape index (κ2) is 8.37. The highest BCUT2D eigenvalue weighted by molar-refractivity contribution is 5.14. The SMILES string of the molecule is [2H]C(O[C@@H]1C(OCc2ccccc2)O[C@H](CO)[C@H]1O)c1ccccc1. The molecule has 2 unspecified atom stereocenters. The van der Waals surface area contributed by atoms with Gasteiger partial charge in [-0.15, -0.1) is 0 Å². The molecular formula is C19H22O5. The minimum absolute atomic E-state index is 0.282. The highest BCUT2D eigenvalue weighted by atomic mass is 16.7. The number of hydrogen-bond acceptors (Lipinski definition) is 5. The van der Waals surface area contributed by atoms with Gasteiger partial charge in [0.2, 0.25) is 0 Å². The van der Waals surface area contributed by atoms with Crippen molar-refractivity contribution in [3.63, 3.8) is 0 Å². The van der Waals surface area contributed by atoms with Crippen molar-refractivity contribution >= 4 is 0 Å². The van der Waals surface area contributed by atoms with Gasteiger partial charge in [0, 0.05) is 0 Å². The van der Waals surface area contributed by atoms with Crippen LogP contribution < -0.4 is 0 Å². The summed E-state index contributed by atoms with van der Waals surface area (Å²) in [4.78, 5) is 0. The van der Waals surface area contributed by atoms with Crippen molar-refractivity contribution in [1.29, 1.82) is 0 Å². The molecule has 1 heterocycles. The van der Waals surface area contributed by atoms with Gasteiger partial charge in [-0.25, -0.2) is 0 Å². The molecule has 5 heteroatoms. The summed E-state index contributed by atoms with van der Waals surface area (Å²) < 4.78 is 25.2. The van der Waals surface area contributed by atoms with E-state index in [0.29, 0.717) is 5.56 Å². The summed E-state index contributed by atoms with van der Waals surface area (Å²) in [6.45, 7) is -1.05. The topological polar surface area (TPSA) is 68.2 Å². The van der Waals surface area contributed by atoms with Crippen LogP contribution >= 0.6 is 0 Å². The number of ether oxygens (including phenoxy) is 3. The molecule has 0 bridgehead atoms. The molecular weight excluding hydrogens is 308 g/mol. The maximum Gasteiger partial charge on any atom is 0.187 e. The molecule has 0 aromatic heterocycles. The molecule has 2 aromatic rings. The Morgan fingerprint density at radius 2 is 1.58 bits per heavy atom. The molecule has 1 aliphatic heterocycles. The van der Waals surface area contributed by atoms with E-state index in [9.17, 15) is 10.2 Å². The molecule has 1 aliphatic rings. The van der Waals surface area contributed by atoms with E-state index in [2.05, 4.69) is 0 Å². The molecule has 0 aliphatic carbocycles.